The van der Waals surface area contributed by atoms with E-state index in [1.807, 2.05) is 24.3 Å². The summed E-state index contributed by atoms with van der Waals surface area (Å²) in [5.74, 6) is 6.21. The maximum Gasteiger partial charge on any atom is 0.140 e. The van der Waals surface area contributed by atoms with Crippen LogP contribution in [0.2, 0.25) is 5.02 Å². The molecule has 0 saturated heterocycles. The first-order valence-electron chi connectivity index (χ1n) is 8.56. The van der Waals surface area contributed by atoms with Gasteiger partial charge in [0.1, 0.15) is 11.6 Å². The Kier molecular flexibility index (Phi) is 6.30. The Morgan fingerprint density at radius 1 is 0.889 bits per heavy atom. The molecule has 27 heavy (non-hydrogen) atoms. The Hall–Kier alpha value is -3.02. The van der Waals surface area contributed by atoms with Crippen molar-refractivity contribution in [3.8, 4) is 17.6 Å². The number of rotatable bonds is 5. The largest absolute Gasteiger partial charge is 0.466 e. The predicted octanol–water partition coefficient (Wildman–Crippen LogP) is 6.19. The Morgan fingerprint density at radius 3 is 2.11 bits per heavy atom. The zero-order chi connectivity index (χ0) is 19.1. The van der Waals surface area contributed by atoms with E-state index in [-0.39, 0.29) is 0 Å². The molecule has 0 spiro atoms. The molecule has 0 fully saturated rings. The number of ether oxygens (including phenoxy) is 1. The van der Waals surface area contributed by atoms with Gasteiger partial charge in [0.05, 0.1) is 11.8 Å². The maximum atomic E-state index is 13.7. The smallest absolute Gasteiger partial charge is 0.140 e. The third-order valence-electron chi connectivity index (χ3n) is 4.07. The van der Waals surface area contributed by atoms with Crippen molar-refractivity contribution >= 4 is 11.6 Å². The van der Waals surface area contributed by atoms with Gasteiger partial charge in [-0.1, -0.05) is 54.3 Å². The van der Waals surface area contributed by atoms with Crippen molar-refractivity contribution in [1.82, 2.24) is 0 Å². The molecule has 0 heterocycles. The minimum Gasteiger partial charge on any atom is -0.466 e. The second-order valence-electron chi connectivity index (χ2n) is 6.00. The molecule has 0 aromatic heterocycles. The van der Waals surface area contributed by atoms with Crippen molar-refractivity contribution in [2.75, 3.05) is 0 Å². The lowest BCUT2D eigenvalue weighted by Crippen LogP contribution is -1.92. The molecular weight excluding hydrogens is 359 g/mol. The van der Waals surface area contributed by atoms with Crippen LogP contribution in [0, 0.1) is 17.7 Å². The first kappa shape index (κ1) is 18.8. The first-order valence-corrected chi connectivity index (χ1v) is 8.94. The van der Waals surface area contributed by atoms with E-state index in [0.29, 0.717) is 10.6 Å². The van der Waals surface area contributed by atoms with Crippen LogP contribution in [0.4, 0.5) is 4.39 Å². The molecule has 0 radical (unpaired) electrons. The van der Waals surface area contributed by atoms with Crippen molar-refractivity contribution in [1.29, 1.82) is 0 Å². The highest BCUT2D eigenvalue weighted by atomic mass is 35.5. The summed E-state index contributed by atoms with van der Waals surface area (Å²) in [6.07, 6.45) is 3.29. The van der Waals surface area contributed by atoms with Crippen molar-refractivity contribution in [3.63, 3.8) is 0 Å². The van der Waals surface area contributed by atoms with Gasteiger partial charge < -0.3 is 4.74 Å². The van der Waals surface area contributed by atoms with Gasteiger partial charge in [-0.15, -0.1) is 0 Å². The molecule has 1 nitrogen and oxygen atoms in total. The fourth-order valence-electron chi connectivity index (χ4n) is 2.60. The van der Waals surface area contributed by atoms with E-state index in [1.54, 1.807) is 12.1 Å². The summed E-state index contributed by atoms with van der Waals surface area (Å²) >= 11 is 5.75. The molecular formula is C24H18ClFO. The van der Waals surface area contributed by atoms with Crippen LogP contribution in [-0.2, 0) is 12.8 Å². The Labute approximate surface area is 164 Å². The summed E-state index contributed by atoms with van der Waals surface area (Å²) in [4.78, 5) is 0. The van der Waals surface area contributed by atoms with Crippen molar-refractivity contribution in [3.05, 3.63) is 113 Å². The molecule has 3 aromatic carbocycles. The number of hydrogen-bond acceptors (Lipinski definition) is 1. The molecule has 0 atom stereocenters. The Morgan fingerprint density at radius 2 is 1.52 bits per heavy atom. The lowest BCUT2D eigenvalue weighted by atomic mass is 10.0. The summed E-state index contributed by atoms with van der Waals surface area (Å²) in [6, 6.07) is 20.5. The standard InChI is InChI=1S/C24H18ClFO/c1-2-27-23-15-10-20(11-16-23)8-5-18-3-6-19(7-4-18)9-12-21-13-14-22(25)17-24(21)26/h2-4,6-7,10-11,13-17H,1,5,8H2. The molecule has 0 aliphatic carbocycles. The summed E-state index contributed by atoms with van der Waals surface area (Å²) < 4.78 is 19.0. The van der Waals surface area contributed by atoms with Gasteiger partial charge in [-0.05, 0) is 66.4 Å². The maximum absolute atomic E-state index is 13.7. The molecule has 134 valence electrons. The van der Waals surface area contributed by atoms with E-state index >= 15 is 0 Å². The lowest BCUT2D eigenvalue weighted by molar-refractivity contribution is 0.483. The van der Waals surface area contributed by atoms with Crippen LogP contribution >= 0.6 is 11.6 Å². The molecule has 0 amide bonds. The second-order valence-corrected chi connectivity index (χ2v) is 6.44. The Balaban J connectivity index is 1.60. The fraction of sp³-hybridized carbons (Fsp3) is 0.0833. The van der Waals surface area contributed by atoms with Crippen LogP contribution in [0.1, 0.15) is 22.3 Å². The molecule has 0 N–H and O–H groups in total. The van der Waals surface area contributed by atoms with Gasteiger partial charge in [0.15, 0.2) is 0 Å². The van der Waals surface area contributed by atoms with Gasteiger partial charge in [0.25, 0.3) is 0 Å². The average Bonchev–Trinajstić information content (AvgIpc) is 2.68. The molecule has 0 bridgehead atoms. The fourth-order valence-corrected chi connectivity index (χ4v) is 2.76. The van der Waals surface area contributed by atoms with E-state index in [0.717, 1.165) is 24.2 Å². The zero-order valence-electron chi connectivity index (χ0n) is 14.7. The quantitative estimate of drug-likeness (QED) is 0.381. The highest BCUT2D eigenvalue weighted by molar-refractivity contribution is 6.30. The van der Waals surface area contributed by atoms with Gasteiger partial charge >= 0.3 is 0 Å². The summed E-state index contributed by atoms with van der Waals surface area (Å²) in [7, 11) is 0. The van der Waals surface area contributed by atoms with Crippen LogP contribution in [0.5, 0.6) is 5.75 Å². The summed E-state index contributed by atoms with van der Waals surface area (Å²) in [6.45, 7) is 3.54. The molecule has 0 saturated carbocycles. The molecule has 3 heteroatoms. The summed E-state index contributed by atoms with van der Waals surface area (Å²) in [5, 5.41) is 0.366. The minimum absolute atomic E-state index is 0.340. The van der Waals surface area contributed by atoms with Crippen molar-refractivity contribution in [2.24, 2.45) is 0 Å². The molecule has 0 aliphatic rings. The highest BCUT2D eigenvalue weighted by Crippen LogP contribution is 2.15. The van der Waals surface area contributed by atoms with Crippen molar-refractivity contribution < 1.29 is 9.13 Å². The highest BCUT2D eigenvalue weighted by Gasteiger charge is 2.00. The molecule has 3 rings (SSSR count). The van der Waals surface area contributed by atoms with Gasteiger partial charge in [-0.3, -0.25) is 0 Å². The zero-order valence-corrected chi connectivity index (χ0v) is 15.5. The van der Waals surface area contributed by atoms with Gasteiger partial charge in [-0.2, -0.15) is 0 Å². The van der Waals surface area contributed by atoms with E-state index < -0.39 is 5.82 Å². The van der Waals surface area contributed by atoms with E-state index in [9.17, 15) is 4.39 Å². The second kappa shape index (κ2) is 9.07. The van der Waals surface area contributed by atoms with Gasteiger partial charge in [0, 0.05) is 10.6 Å². The van der Waals surface area contributed by atoms with Crippen LogP contribution in [-0.4, -0.2) is 0 Å². The third kappa shape index (κ3) is 5.48. The van der Waals surface area contributed by atoms with Gasteiger partial charge in [0.2, 0.25) is 0 Å². The van der Waals surface area contributed by atoms with Crippen LogP contribution < -0.4 is 4.74 Å². The normalized spacial score (nSPS) is 10.0. The first-order chi connectivity index (χ1) is 13.1. The monoisotopic (exact) mass is 376 g/mol. The average molecular weight is 377 g/mol. The minimum atomic E-state index is -0.406. The lowest BCUT2D eigenvalue weighted by Gasteiger charge is -2.04. The summed E-state index contributed by atoms with van der Waals surface area (Å²) in [5.41, 5.74) is 3.66. The van der Waals surface area contributed by atoms with Crippen LogP contribution in [0.25, 0.3) is 0 Å². The molecule has 0 aliphatic heterocycles. The molecule has 3 aromatic rings. The van der Waals surface area contributed by atoms with Crippen molar-refractivity contribution in [2.45, 2.75) is 12.8 Å². The van der Waals surface area contributed by atoms with Gasteiger partial charge in [-0.25, -0.2) is 4.39 Å². The predicted molar refractivity (Wildman–Crippen MR) is 109 cm³/mol. The number of benzene rings is 3. The number of halogens is 2. The molecule has 0 unspecified atom stereocenters. The van der Waals surface area contributed by atoms with Crippen LogP contribution in [0.3, 0.4) is 0 Å². The van der Waals surface area contributed by atoms with E-state index in [2.05, 4.69) is 42.7 Å². The Bertz CT molecular complexity index is 980. The van der Waals surface area contributed by atoms with E-state index in [4.69, 9.17) is 16.3 Å². The number of hydrogen-bond donors (Lipinski definition) is 0. The van der Waals surface area contributed by atoms with E-state index in [1.165, 1.54) is 23.5 Å². The SMILES string of the molecule is C=COc1ccc(CCc2ccc(C#Cc3ccc(Cl)cc3F)cc2)cc1. The number of aryl methyl sites for hydroxylation is 2. The third-order valence-corrected chi connectivity index (χ3v) is 4.31. The van der Waals surface area contributed by atoms with Crippen LogP contribution in [0.15, 0.2) is 79.6 Å². The topological polar surface area (TPSA) is 9.23 Å².